The Labute approximate surface area is 97.7 Å². The van der Waals surface area contributed by atoms with Gasteiger partial charge in [-0.25, -0.2) is 23.1 Å². The van der Waals surface area contributed by atoms with Crippen LogP contribution < -0.4 is 4.90 Å². The monoisotopic (exact) mass is 245 g/mol. The summed E-state index contributed by atoms with van der Waals surface area (Å²) < 4.78 is 39.9. The van der Waals surface area contributed by atoms with Crippen molar-refractivity contribution in [3.63, 3.8) is 0 Å². The van der Waals surface area contributed by atoms with E-state index >= 15 is 0 Å². The number of hydrogen-bond acceptors (Lipinski definition) is 3. The Bertz CT molecular complexity index is 399. The molecule has 1 saturated heterocycles. The molecule has 0 radical (unpaired) electrons. The Hall–Kier alpha value is -1.33. The molecule has 3 nitrogen and oxygen atoms in total. The van der Waals surface area contributed by atoms with Gasteiger partial charge in [0.2, 0.25) is 0 Å². The number of halogens is 3. The zero-order valence-electron chi connectivity index (χ0n) is 9.59. The lowest BCUT2D eigenvalue weighted by atomic mass is 10.1. The fourth-order valence-electron chi connectivity index (χ4n) is 1.91. The van der Waals surface area contributed by atoms with Crippen molar-refractivity contribution in [3.05, 3.63) is 17.8 Å². The van der Waals surface area contributed by atoms with E-state index in [2.05, 4.69) is 9.97 Å². The zero-order chi connectivity index (χ0) is 12.5. The molecule has 2 rings (SSSR count). The molecule has 1 aliphatic heterocycles. The van der Waals surface area contributed by atoms with E-state index in [0.717, 1.165) is 0 Å². The van der Waals surface area contributed by atoms with Crippen LogP contribution in [-0.4, -0.2) is 29.0 Å². The molecule has 0 bridgehead atoms. The highest BCUT2D eigenvalue weighted by Gasteiger charge is 2.35. The van der Waals surface area contributed by atoms with Gasteiger partial charge in [-0.05, 0) is 6.42 Å². The van der Waals surface area contributed by atoms with Gasteiger partial charge in [0.15, 0.2) is 11.6 Å². The number of anilines is 1. The lowest BCUT2D eigenvalue weighted by Gasteiger charge is -2.32. The SMILES string of the molecule is CCc1ncnc(N2CCC(F)(F)CC2)c1F. The van der Waals surface area contributed by atoms with E-state index in [9.17, 15) is 13.2 Å². The molecule has 1 fully saturated rings. The van der Waals surface area contributed by atoms with Crippen LogP contribution in [0.3, 0.4) is 0 Å². The molecule has 0 spiro atoms. The quantitative estimate of drug-likeness (QED) is 0.801. The minimum absolute atomic E-state index is 0.129. The maximum atomic E-state index is 13.9. The van der Waals surface area contributed by atoms with Crippen LogP contribution in [0.25, 0.3) is 0 Å². The molecule has 0 unspecified atom stereocenters. The van der Waals surface area contributed by atoms with Crippen LogP contribution in [0.15, 0.2) is 6.33 Å². The van der Waals surface area contributed by atoms with Gasteiger partial charge in [0.05, 0.1) is 5.69 Å². The molecular formula is C11H14F3N3. The summed E-state index contributed by atoms with van der Waals surface area (Å²) in [5.74, 6) is -2.97. The van der Waals surface area contributed by atoms with Crippen LogP contribution in [0.1, 0.15) is 25.5 Å². The van der Waals surface area contributed by atoms with Gasteiger partial charge in [-0.3, -0.25) is 0 Å². The van der Waals surface area contributed by atoms with Crippen molar-refractivity contribution in [2.45, 2.75) is 32.1 Å². The molecule has 0 amide bonds. The van der Waals surface area contributed by atoms with E-state index in [1.165, 1.54) is 6.33 Å². The first-order chi connectivity index (χ1) is 8.03. The number of alkyl halides is 2. The van der Waals surface area contributed by atoms with E-state index in [1.807, 2.05) is 0 Å². The second-order valence-electron chi connectivity index (χ2n) is 4.15. The molecule has 0 saturated carbocycles. The minimum atomic E-state index is -2.63. The average Bonchev–Trinajstić information content (AvgIpc) is 2.30. The third-order valence-electron chi connectivity index (χ3n) is 2.97. The van der Waals surface area contributed by atoms with Gasteiger partial charge in [0.1, 0.15) is 6.33 Å². The van der Waals surface area contributed by atoms with Crippen molar-refractivity contribution in [3.8, 4) is 0 Å². The van der Waals surface area contributed by atoms with E-state index in [-0.39, 0.29) is 31.7 Å². The number of hydrogen-bond donors (Lipinski definition) is 0. The van der Waals surface area contributed by atoms with Gasteiger partial charge in [0.25, 0.3) is 5.92 Å². The van der Waals surface area contributed by atoms with Crippen molar-refractivity contribution in [2.75, 3.05) is 18.0 Å². The molecule has 0 atom stereocenters. The molecule has 0 aliphatic carbocycles. The Morgan fingerprint density at radius 2 is 1.94 bits per heavy atom. The molecule has 1 aliphatic rings. The van der Waals surface area contributed by atoms with Crippen LogP contribution in [-0.2, 0) is 6.42 Å². The van der Waals surface area contributed by atoms with Gasteiger partial charge in [-0.2, -0.15) is 0 Å². The molecule has 2 heterocycles. The molecule has 0 N–H and O–H groups in total. The van der Waals surface area contributed by atoms with Gasteiger partial charge in [-0.15, -0.1) is 0 Å². The summed E-state index contributed by atoms with van der Waals surface area (Å²) in [5, 5.41) is 0. The summed E-state index contributed by atoms with van der Waals surface area (Å²) >= 11 is 0. The van der Waals surface area contributed by atoms with Crippen molar-refractivity contribution >= 4 is 5.82 Å². The van der Waals surface area contributed by atoms with Gasteiger partial charge >= 0.3 is 0 Å². The van der Waals surface area contributed by atoms with E-state index < -0.39 is 11.7 Å². The van der Waals surface area contributed by atoms with Crippen LogP contribution in [0, 0.1) is 5.82 Å². The molecule has 0 aromatic carbocycles. The zero-order valence-corrected chi connectivity index (χ0v) is 9.59. The Kier molecular flexibility index (Phi) is 3.22. The summed E-state index contributed by atoms with van der Waals surface area (Å²) in [6.45, 7) is 2.05. The van der Waals surface area contributed by atoms with E-state index in [1.54, 1.807) is 11.8 Å². The van der Waals surface area contributed by atoms with E-state index in [0.29, 0.717) is 12.1 Å². The predicted molar refractivity (Wildman–Crippen MR) is 57.8 cm³/mol. The number of aromatic nitrogens is 2. The highest BCUT2D eigenvalue weighted by atomic mass is 19.3. The van der Waals surface area contributed by atoms with Gasteiger partial charge in [-0.1, -0.05) is 6.92 Å². The number of rotatable bonds is 2. The molecule has 1 aromatic heterocycles. The number of nitrogens with zero attached hydrogens (tertiary/aromatic N) is 3. The van der Waals surface area contributed by atoms with Crippen LogP contribution in [0.4, 0.5) is 19.0 Å². The molecule has 17 heavy (non-hydrogen) atoms. The maximum Gasteiger partial charge on any atom is 0.251 e. The summed E-state index contributed by atoms with van der Waals surface area (Å²) in [7, 11) is 0. The average molecular weight is 245 g/mol. The first kappa shape index (κ1) is 12.1. The molecule has 1 aromatic rings. The molecule has 6 heteroatoms. The number of aryl methyl sites for hydroxylation is 1. The molecular weight excluding hydrogens is 231 g/mol. The first-order valence-corrected chi connectivity index (χ1v) is 5.65. The third-order valence-corrected chi connectivity index (χ3v) is 2.97. The topological polar surface area (TPSA) is 29.0 Å². The number of piperidine rings is 1. The fraction of sp³-hybridized carbons (Fsp3) is 0.636. The van der Waals surface area contributed by atoms with Crippen LogP contribution in [0.2, 0.25) is 0 Å². The highest BCUT2D eigenvalue weighted by molar-refractivity contribution is 5.41. The first-order valence-electron chi connectivity index (χ1n) is 5.65. The maximum absolute atomic E-state index is 13.9. The molecule has 94 valence electrons. The summed E-state index contributed by atoms with van der Waals surface area (Å²) in [6, 6.07) is 0. The normalized spacial score (nSPS) is 19.4. The summed E-state index contributed by atoms with van der Waals surface area (Å²) in [5.41, 5.74) is 0.326. The van der Waals surface area contributed by atoms with Crippen LogP contribution >= 0.6 is 0 Å². The smallest absolute Gasteiger partial charge is 0.251 e. The predicted octanol–water partition coefficient (Wildman–Crippen LogP) is 2.41. The van der Waals surface area contributed by atoms with Gasteiger partial charge < -0.3 is 4.90 Å². The minimum Gasteiger partial charge on any atom is -0.354 e. The summed E-state index contributed by atoms with van der Waals surface area (Å²) in [6.07, 6.45) is 1.24. The summed E-state index contributed by atoms with van der Waals surface area (Å²) in [4.78, 5) is 9.24. The fourth-order valence-corrected chi connectivity index (χ4v) is 1.91. The van der Waals surface area contributed by atoms with E-state index in [4.69, 9.17) is 0 Å². The van der Waals surface area contributed by atoms with Crippen LogP contribution in [0.5, 0.6) is 0 Å². The highest BCUT2D eigenvalue weighted by Crippen LogP contribution is 2.30. The van der Waals surface area contributed by atoms with Crippen molar-refractivity contribution < 1.29 is 13.2 Å². The van der Waals surface area contributed by atoms with Crippen molar-refractivity contribution in [1.29, 1.82) is 0 Å². The third kappa shape index (κ3) is 2.50. The van der Waals surface area contributed by atoms with Crippen molar-refractivity contribution in [1.82, 2.24) is 9.97 Å². The standard InChI is InChI=1S/C11H14F3N3/c1-2-8-9(12)10(16-7-15-8)17-5-3-11(13,14)4-6-17/h7H,2-6H2,1H3. The Morgan fingerprint density at radius 1 is 1.29 bits per heavy atom. The lowest BCUT2D eigenvalue weighted by Crippen LogP contribution is -2.40. The Balaban J connectivity index is 2.19. The lowest BCUT2D eigenvalue weighted by molar-refractivity contribution is -0.0222. The Morgan fingerprint density at radius 3 is 2.53 bits per heavy atom. The largest absolute Gasteiger partial charge is 0.354 e. The second-order valence-corrected chi connectivity index (χ2v) is 4.15. The second kappa shape index (κ2) is 4.50. The van der Waals surface area contributed by atoms with Gasteiger partial charge in [0, 0.05) is 25.9 Å². The van der Waals surface area contributed by atoms with Crippen molar-refractivity contribution in [2.24, 2.45) is 0 Å².